The van der Waals surface area contributed by atoms with Crippen LogP contribution >= 0.6 is 0 Å². The second-order valence-electron chi connectivity index (χ2n) is 5.71. The second-order valence-corrected chi connectivity index (χ2v) is 5.71. The van der Waals surface area contributed by atoms with E-state index in [0.717, 1.165) is 10.9 Å². The molecule has 0 amide bonds. The molecule has 0 unspecified atom stereocenters. The average Bonchev–Trinajstić information content (AvgIpc) is 2.61. The van der Waals surface area contributed by atoms with Crippen LogP contribution in [0.5, 0.6) is 17.2 Å². The highest BCUT2D eigenvalue weighted by molar-refractivity contribution is 5.89. The summed E-state index contributed by atoms with van der Waals surface area (Å²) in [7, 11) is 3.05. The van der Waals surface area contributed by atoms with Crippen LogP contribution in [0.15, 0.2) is 45.6 Å². The zero-order chi connectivity index (χ0) is 18.8. The van der Waals surface area contributed by atoms with E-state index in [1.165, 1.54) is 14.0 Å². The van der Waals surface area contributed by atoms with Gasteiger partial charge in [0.15, 0.2) is 0 Å². The molecule has 3 rings (SSSR count). The quantitative estimate of drug-likeness (QED) is 0.404. The molecule has 0 fully saturated rings. The van der Waals surface area contributed by atoms with Crippen LogP contribution in [0, 0.1) is 6.92 Å². The van der Waals surface area contributed by atoms with E-state index in [1.807, 2.05) is 13.0 Å². The van der Waals surface area contributed by atoms with Gasteiger partial charge in [0, 0.05) is 30.0 Å². The summed E-state index contributed by atoms with van der Waals surface area (Å²) in [6.07, 6.45) is 0. The molecule has 0 spiro atoms. The topological polar surface area (TPSA) is 75.0 Å². The van der Waals surface area contributed by atoms with Crippen molar-refractivity contribution >= 4 is 16.9 Å². The maximum Gasteiger partial charge on any atom is 0.344 e. The molecular weight excluding hydrogens is 336 g/mol. The molecule has 1 aromatic heterocycles. The molecular formula is C20H18O6. The van der Waals surface area contributed by atoms with E-state index in [0.29, 0.717) is 28.2 Å². The van der Waals surface area contributed by atoms with Crippen LogP contribution in [0.1, 0.15) is 12.5 Å². The van der Waals surface area contributed by atoms with Gasteiger partial charge in [0.1, 0.15) is 22.8 Å². The first-order chi connectivity index (χ1) is 12.4. The molecule has 6 nitrogen and oxygen atoms in total. The van der Waals surface area contributed by atoms with Gasteiger partial charge in [-0.3, -0.25) is 4.79 Å². The highest BCUT2D eigenvalue weighted by atomic mass is 16.5. The fourth-order valence-electron chi connectivity index (χ4n) is 2.85. The second kappa shape index (κ2) is 6.92. The first-order valence-electron chi connectivity index (χ1n) is 7.93. The highest BCUT2D eigenvalue weighted by Crippen LogP contribution is 2.36. The minimum atomic E-state index is -0.526. The summed E-state index contributed by atoms with van der Waals surface area (Å²) in [6.45, 7) is 3.12. The number of carbonyl (C=O) groups is 1. The Labute approximate surface area is 149 Å². The lowest BCUT2D eigenvalue weighted by molar-refractivity contribution is -0.131. The molecule has 0 saturated carbocycles. The fraction of sp³-hybridized carbons (Fsp3) is 0.200. The van der Waals surface area contributed by atoms with E-state index in [-0.39, 0.29) is 5.75 Å². The lowest BCUT2D eigenvalue weighted by Crippen LogP contribution is -2.09. The van der Waals surface area contributed by atoms with Crippen molar-refractivity contribution in [2.45, 2.75) is 13.8 Å². The Hall–Kier alpha value is -3.28. The Morgan fingerprint density at radius 3 is 2.31 bits per heavy atom. The van der Waals surface area contributed by atoms with Crippen molar-refractivity contribution in [3.8, 4) is 28.4 Å². The molecule has 0 aliphatic rings. The van der Waals surface area contributed by atoms with Crippen LogP contribution in [0.2, 0.25) is 0 Å². The Morgan fingerprint density at radius 2 is 1.65 bits per heavy atom. The minimum absolute atomic E-state index is 0.236. The van der Waals surface area contributed by atoms with E-state index in [4.69, 9.17) is 18.6 Å². The molecule has 0 atom stereocenters. The number of fused-ring (bicyclic) bond motifs is 1. The van der Waals surface area contributed by atoms with Crippen molar-refractivity contribution in [1.29, 1.82) is 0 Å². The van der Waals surface area contributed by atoms with Gasteiger partial charge in [-0.05, 0) is 36.8 Å². The number of methoxy groups -OCH3 is 2. The normalized spacial score (nSPS) is 10.6. The molecule has 3 aromatic rings. The van der Waals surface area contributed by atoms with Crippen molar-refractivity contribution < 1.29 is 23.4 Å². The number of aryl methyl sites for hydroxylation is 1. The number of hydrogen-bond acceptors (Lipinski definition) is 6. The monoisotopic (exact) mass is 354 g/mol. The molecule has 0 aliphatic heterocycles. The Morgan fingerprint density at radius 1 is 1.00 bits per heavy atom. The Kier molecular flexibility index (Phi) is 4.67. The van der Waals surface area contributed by atoms with Crippen molar-refractivity contribution in [3.05, 3.63) is 52.4 Å². The molecule has 0 saturated heterocycles. The summed E-state index contributed by atoms with van der Waals surface area (Å²) < 4.78 is 21.1. The largest absolute Gasteiger partial charge is 0.497 e. The summed E-state index contributed by atoms with van der Waals surface area (Å²) in [5.41, 5.74) is 1.42. The number of esters is 1. The Bertz CT molecular complexity index is 1050. The van der Waals surface area contributed by atoms with E-state index in [2.05, 4.69) is 0 Å². The summed E-state index contributed by atoms with van der Waals surface area (Å²) in [4.78, 5) is 24.1. The van der Waals surface area contributed by atoms with Gasteiger partial charge in [-0.2, -0.15) is 0 Å². The number of rotatable bonds is 4. The van der Waals surface area contributed by atoms with Crippen molar-refractivity contribution in [2.24, 2.45) is 0 Å². The van der Waals surface area contributed by atoms with Crippen LogP contribution in [0.25, 0.3) is 22.1 Å². The smallest absolute Gasteiger partial charge is 0.344 e. The molecule has 134 valence electrons. The molecule has 0 N–H and O–H groups in total. The van der Waals surface area contributed by atoms with Gasteiger partial charge in [0.05, 0.1) is 19.8 Å². The standard InChI is InChI=1S/C20H18O6/c1-11-15-7-5-13(23-3)9-17(15)26-20(22)19(11)16-8-6-14(24-4)10-18(16)25-12(2)21/h5-10H,1-4H3. The first kappa shape index (κ1) is 17.5. The van der Waals surface area contributed by atoms with Gasteiger partial charge in [-0.1, -0.05) is 0 Å². The SMILES string of the molecule is COc1ccc(-c2c(C)c3ccc(OC)cc3oc2=O)c(OC(C)=O)c1. The number of carbonyl (C=O) groups excluding carboxylic acids is 1. The van der Waals surface area contributed by atoms with Gasteiger partial charge >= 0.3 is 11.6 Å². The van der Waals surface area contributed by atoms with E-state index in [1.54, 1.807) is 37.4 Å². The van der Waals surface area contributed by atoms with Crippen LogP contribution in [0.3, 0.4) is 0 Å². The fourth-order valence-corrected chi connectivity index (χ4v) is 2.85. The maximum atomic E-state index is 12.7. The number of ether oxygens (including phenoxy) is 3. The van der Waals surface area contributed by atoms with Gasteiger partial charge < -0.3 is 18.6 Å². The lowest BCUT2D eigenvalue weighted by atomic mass is 9.98. The predicted octanol–water partition coefficient (Wildman–Crippen LogP) is 3.71. The minimum Gasteiger partial charge on any atom is -0.497 e. The molecule has 0 bridgehead atoms. The summed E-state index contributed by atoms with van der Waals surface area (Å²) in [6, 6.07) is 10.2. The number of hydrogen-bond donors (Lipinski definition) is 0. The third-order valence-electron chi connectivity index (χ3n) is 4.09. The third kappa shape index (κ3) is 3.13. The summed E-state index contributed by atoms with van der Waals surface area (Å²) in [5, 5.41) is 0.769. The predicted molar refractivity (Wildman–Crippen MR) is 97.1 cm³/mol. The van der Waals surface area contributed by atoms with Crippen molar-refractivity contribution in [1.82, 2.24) is 0 Å². The molecule has 0 aliphatic carbocycles. The van der Waals surface area contributed by atoms with E-state index >= 15 is 0 Å². The number of benzene rings is 2. The lowest BCUT2D eigenvalue weighted by Gasteiger charge is -2.13. The van der Waals surface area contributed by atoms with Crippen molar-refractivity contribution in [2.75, 3.05) is 14.2 Å². The van der Waals surface area contributed by atoms with Crippen LogP contribution < -0.4 is 19.8 Å². The molecule has 6 heteroatoms. The molecule has 2 aromatic carbocycles. The third-order valence-corrected chi connectivity index (χ3v) is 4.09. The van der Waals surface area contributed by atoms with Crippen molar-refractivity contribution in [3.63, 3.8) is 0 Å². The zero-order valence-electron chi connectivity index (χ0n) is 14.9. The van der Waals surface area contributed by atoms with Gasteiger partial charge in [-0.25, -0.2) is 4.79 Å². The summed E-state index contributed by atoms with van der Waals surface area (Å²) in [5.74, 6) is 0.850. The average molecular weight is 354 g/mol. The summed E-state index contributed by atoms with van der Waals surface area (Å²) >= 11 is 0. The van der Waals surface area contributed by atoms with Gasteiger partial charge in [0.2, 0.25) is 0 Å². The van der Waals surface area contributed by atoms with E-state index in [9.17, 15) is 9.59 Å². The Balaban J connectivity index is 2.28. The van der Waals surface area contributed by atoms with Crippen LogP contribution in [-0.4, -0.2) is 20.2 Å². The van der Waals surface area contributed by atoms with E-state index < -0.39 is 11.6 Å². The zero-order valence-corrected chi connectivity index (χ0v) is 14.9. The molecule has 0 radical (unpaired) electrons. The maximum absolute atomic E-state index is 12.7. The first-order valence-corrected chi connectivity index (χ1v) is 7.93. The van der Waals surface area contributed by atoms with Crippen LogP contribution in [0.4, 0.5) is 0 Å². The van der Waals surface area contributed by atoms with Crippen LogP contribution in [-0.2, 0) is 4.79 Å². The molecule has 26 heavy (non-hydrogen) atoms. The molecule has 1 heterocycles. The van der Waals surface area contributed by atoms with Gasteiger partial charge in [-0.15, -0.1) is 0 Å². The highest BCUT2D eigenvalue weighted by Gasteiger charge is 2.19. The van der Waals surface area contributed by atoms with Gasteiger partial charge in [0.25, 0.3) is 0 Å².